The first-order valence-electron chi connectivity index (χ1n) is 14.6. The molecule has 6 N–H and O–H groups in total. The van der Waals surface area contributed by atoms with Gasteiger partial charge in [0.25, 0.3) is 0 Å². The molecule has 9 nitrogen and oxygen atoms in total. The molecule has 1 saturated carbocycles. The summed E-state index contributed by atoms with van der Waals surface area (Å²) >= 11 is 0. The van der Waals surface area contributed by atoms with Crippen LogP contribution in [0.3, 0.4) is 0 Å². The highest BCUT2D eigenvalue weighted by Crippen LogP contribution is 2.28. The first kappa shape index (κ1) is 33.8. The zero-order valence-corrected chi connectivity index (χ0v) is 23.4. The van der Waals surface area contributed by atoms with Crippen LogP contribution in [0.15, 0.2) is 0 Å². The van der Waals surface area contributed by atoms with Crippen LogP contribution in [0.25, 0.3) is 0 Å². The monoisotopic (exact) mass is 530 g/mol. The molecule has 0 aliphatic heterocycles. The average Bonchev–Trinajstić information content (AvgIpc) is 2.85. The number of carboxylic acid groups (broad SMARTS) is 1. The summed E-state index contributed by atoms with van der Waals surface area (Å²) in [4.78, 5) is 24.0. The zero-order valence-electron chi connectivity index (χ0n) is 23.4. The van der Waals surface area contributed by atoms with Gasteiger partial charge in [-0.3, -0.25) is 9.59 Å². The Balaban J connectivity index is 2.30. The predicted octanol–water partition coefficient (Wildman–Crippen LogP) is 3.13. The summed E-state index contributed by atoms with van der Waals surface area (Å²) in [7, 11) is 0. The van der Waals surface area contributed by atoms with E-state index in [0.29, 0.717) is 32.4 Å². The summed E-state index contributed by atoms with van der Waals surface area (Å²) in [5.74, 6) is -2.15. The molecule has 0 bridgehead atoms. The quantitative estimate of drug-likeness (QED) is 0.124. The summed E-state index contributed by atoms with van der Waals surface area (Å²) in [5, 5.41) is 46.1. The number of carbonyl (C=O) groups is 2. The number of rotatable bonds is 21. The average molecular weight is 531 g/mol. The number of carboxylic acids is 1. The number of aliphatic hydroxyl groups excluding tert-OH is 3. The number of unbranched alkanes of at least 4 members (excludes halogenated alkanes) is 10. The molecule has 6 atom stereocenters. The highest BCUT2D eigenvalue weighted by Gasteiger charge is 2.46. The topological polar surface area (TPSA) is 148 Å². The van der Waals surface area contributed by atoms with Gasteiger partial charge in [-0.1, -0.05) is 78.6 Å². The number of aliphatic carboxylic acids is 1. The number of nitrogens with one attached hydrogen (secondary N) is 2. The molecule has 0 aromatic heterocycles. The summed E-state index contributed by atoms with van der Waals surface area (Å²) in [6.45, 7) is 6.81. The molecule has 218 valence electrons. The standard InChI is InChI=1S/C28H54N2O7/c1-4-5-6-7-8-9-10-11-12-15-18-37-23-19-21(24(31)26(33)25(23)32)27(34)29-17-14-13-16-22(28(35)36)30-20(2)3/h20-26,30-33H,4-19H2,1-3H3,(H,29,34)(H,35,36)/t21-,22-,23+,24+,25-,26-/m0/s1. The lowest BCUT2D eigenvalue weighted by Crippen LogP contribution is -2.57. The van der Waals surface area contributed by atoms with Crippen LogP contribution >= 0.6 is 0 Å². The number of amides is 1. The Kier molecular flexibility index (Phi) is 18.0. The van der Waals surface area contributed by atoms with Crippen LogP contribution in [0.5, 0.6) is 0 Å². The van der Waals surface area contributed by atoms with Crippen LogP contribution in [-0.4, -0.2) is 82.0 Å². The van der Waals surface area contributed by atoms with Crippen LogP contribution in [-0.2, 0) is 14.3 Å². The summed E-state index contributed by atoms with van der Waals surface area (Å²) in [6, 6.07) is -0.559. The second-order valence-electron chi connectivity index (χ2n) is 10.9. The molecule has 1 rings (SSSR count). The maximum Gasteiger partial charge on any atom is 0.320 e. The molecular weight excluding hydrogens is 476 g/mol. The van der Waals surface area contributed by atoms with Gasteiger partial charge >= 0.3 is 5.97 Å². The van der Waals surface area contributed by atoms with Crippen molar-refractivity contribution in [3.63, 3.8) is 0 Å². The van der Waals surface area contributed by atoms with Gasteiger partial charge in [-0.2, -0.15) is 0 Å². The van der Waals surface area contributed by atoms with Crippen molar-refractivity contribution in [1.29, 1.82) is 0 Å². The van der Waals surface area contributed by atoms with Gasteiger partial charge in [0.2, 0.25) is 5.91 Å². The van der Waals surface area contributed by atoms with E-state index in [1.807, 2.05) is 13.8 Å². The molecule has 1 aliphatic carbocycles. The van der Waals surface area contributed by atoms with Crippen molar-refractivity contribution >= 4 is 11.9 Å². The van der Waals surface area contributed by atoms with Crippen molar-refractivity contribution in [3.05, 3.63) is 0 Å². The van der Waals surface area contributed by atoms with Gasteiger partial charge in [0.15, 0.2) is 0 Å². The van der Waals surface area contributed by atoms with E-state index < -0.39 is 42.3 Å². The largest absolute Gasteiger partial charge is 0.480 e. The van der Waals surface area contributed by atoms with Gasteiger partial charge in [0, 0.05) is 19.2 Å². The Morgan fingerprint density at radius 2 is 1.43 bits per heavy atom. The van der Waals surface area contributed by atoms with Crippen molar-refractivity contribution in [2.24, 2.45) is 5.92 Å². The minimum atomic E-state index is -1.44. The Hall–Kier alpha value is -1.26. The Bertz CT molecular complexity index is 619. The third-order valence-electron chi connectivity index (χ3n) is 7.20. The van der Waals surface area contributed by atoms with E-state index in [9.17, 15) is 30.0 Å². The first-order chi connectivity index (χ1) is 17.7. The normalized spacial score (nSPS) is 24.8. The summed E-state index contributed by atoms with van der Waals surface area (Å²) in [5.41, 5.74) is 0. The Labute approximate surface area is 223 Å². The van der Waals surface area contributed by atoms with Crippen molar-refractivity contribution < 1.29 is 34.8 Å². The van der Waals surface area contributed by atoms with Gasteiger partial charge in [0.1, 0.15) is 18.2 Å². The van der Waals surface area contributed by atoms with E-state index in [1.165, 1.54) is 44.9 Å². The molecule has 0 spiro atoms. The van der Waals surface area contributed by atoms with E-state index in [4.69, 9.17) is 4.74 Å². The Morgan fingerprint density at radius 3 is 2.00 bits per heavy atom. The summed E-state index contributed by atoms with van der Waals surface area (Å²) < 4.78 is 5.83. The van der Waals surface area contributed by atoms with E-state index in [0.717, 1.165) is 19.3 Å². The molecule has 0 aromatic carbocycles. The number of carbonyl (C=O) groups excluding carboxylic acids is 1. The molecule has 1 amide bonds. The molecule has 9 heteroatoms. The molecule has 0 radical (unpaired) electrons. The third kappa shape index (κ3) is 13.9. The number of hydrogen-bond donors (Lipinski definition) is 6. The van der Waals surface area contributed by atoms with Crippen LogP contribution in [0.4, 0.5) is 0 Å². The van der Waals surface area contributed by atoms with E-state index in [1.54, 1.807) is 0 Å². The van der Waals surface area contributed by atoms with Crippen LogP contribution in [0.1, 0.15) is 111 Å². The van der Waals surface area contributed by atoms with Crippen LogP contribution in [0, 0.1) is 5.92 Å². The van der Waals surface area contributed by atoms with Crippen LogP contribution in [0.2, 0.25) is 0 Å². The van der Waals surface area contributed by atoms with Gasteiger partial charge in [-0.05, 0) is 32.1 Å². The van der Waals surface area contributed by atoms with Gasteiger partial charge < -0.3 is 35.8 Å². The van der Waals surface area contributed by atoms with Crippen molar-refractivity contribution in [2.45, 2.75) is 147 Å². The Morgan fingerprint density at radius 1 is 0.838 bits per heavy atom. The molecule has 1 aliphatic rings. The maximum absolute atomic E-state index is 12.7. The lowest BCUT2D eigenvalue weighted by molar-refractivity contribution is -0.179. The third-order valence-corrected chi connectivity index (χ3v) is 7.20. The fourth-order valence-corrected chi connectivity index (χ4v) is 4.94. The van der Waals surface area contributed by atoms with Crippen molar-refractivity contribution in [1.82, 2.24) is 10.6 Å². The molecule has 0 aromatic rings. The van der Waals surface area contributed by atoms with Crippen molar-refractivity contribution in [2.75, 3.05) is 13.2 Å². The van der Waals surface area contributed by atoms with Crippen LogP contribution < -0.4 is 10.6 Å². The molecule has 0 saturated heterocycles. The van der Waals surface area contributed by atoms with E-state index >= 15 is 0 Å². The molecule has 1 fully saturated rings. The fraction of sp³-hybridized carbons (Fsp3) is 0.929. The number of ether oxygens (including phenoxy) is 1. The lowest BCUT2D eigenvalue weighted by atomic mass is 9.80. The van der Waals surface area contributed by atoms with Gasteiger partial charge in [-0.15, -0.1) is 0 Å². The fourth-order valence-electron chi connectivity index (χ4n) is 4.94. The number of aliphatic hydroxyl groups is 3. The summed E-state index contributed by atoms with van der Waals surface area (Å²) in [6.07, 6.45) is 9.15. The molecule has 0 unspecified atom stereocenters. The van der Waals surface area contributed by atoms with E-state index in [-0.39, 0.29) is 18.4 Å². The smallest absolute Gasteiger partial charge is 0.320 e. The minimum absolute atomic E-state index is 0.0654. The second-order valence-corrected chi connectivity index (χ2v) is 10.9. The zero-order chi connectivity index (χ0) is 27.6. The molecular formula is C28H54N2O7. The first-order valence-corrected chi connectivity index (χ1v) is 14.6. The second kappa shape index (κ2) is 19.8. The minimum Gasteiger partial charge on any atom is -0.480 e. The highest BCUT2D eigenvalue weighted by molar-refractivity contribution is 5.79. The SMILES string of the molecule is CCCCCCCCCCCCO[C@@H]1C[C@H](C(=O)NCCCC[C@H](NC(C)C)C(=O)O)[C@@H](O)[C@H](O)[C@H]1O. The van der Waals surface area contributed by atoms with Gasteiger partial charge in [-0.25, -0.2) is 0 Å². The predicted molar refractivity (Wildman–Crippen MR) is 144 cm³/mol. The van der Waals surface area contributed by atoms with E-state index in [2.05, 4.69) is 17.6 Å². The number of hydrogen-bond acceptors (Lipinski definition) is 7. The molecule has 0 heterocycles. The van der Waals surface area contributed by atoms with Crippen molar-refractivity contribution in [3.8, 4) is 0 Å². The molecule has 37 heavy (non-hydrogen) atoms. The van der Waals surface area contributed by atoms with Gasteiger partial charge in [0.05, 0.1) is 18.1 Å². The lowest BCUT2D eigenvalue weighted by Gasteiger charge is -2.39. The highest BCUT2D eigenvalue weighted by atomic mass is 16.5. The maximum atomic E-state index is 12.7.